The third kappa shape index (κ3) is 2.59. The van der Waals surface area contributed by atoms with Gasteiger partial charge in [-0.15, -0.1) is 6.42 Å². The zero-order valence-electron chi connectivity index (χ0n) is 12.9. The summed E-state index contributed by atoms with van der Waals surface area (Å²) in [7, 11) is 0. The summed E-state index contributed by atoms with van der Waals surface area (Å²) in [6.45, 7) is 4.29. The summed E-state index contributed by atoms with van der Waals surface area (Å²) < 4.78 is 13.5. The molecule has 1 aromatic heterocycles. The zero-order valence-corrected chi connectivity index (χ0v) is 12.9. The zero-order chi connectivity index (χ0) is 16.6. The minimum atomic E-state index is -0.373. The third-order valence-electron chi connectivity index (χ3n) is 3.90. The number of fused-ring (bicyclic) bond motifs is 1. The lowest BCUT2D eigenvalue weighted by Crippen LogP contribution is -2.03. The van der Waals surface area contributed by atoms with Crippen molar-refractivity contribution < 1.29 is 9.18 Å². The highest BCUT2D eigenvalue weighted by Gasteiger charge is 2.25. The predicted molar refractivity (Wildman–Crippen MR) is 90.5 cm³/mol. The Balaban J connectivity index is 2.05. The molecule has 5 heteroatoms. The first kappa shape index (κ1) is 14.9. The van der Waals surface area contributed by atoms with E-state index in [2.05, 4.69) is 21.5 Å². The summed E-state index contributed by atoms with van der Waals surface area (Å²) in [6.07, 6.45) is 7.02. The summed E-state index contributed by atoms with van der Waals surface area (Å²) >= 11 is 0. The molecule has 2 aromatic rings. The Morgan fingerprint density at radius 3 is 2.91 bits per heavy atom. The number of rotatable bonds is 3. The molecular weight excluding hydrogens is 293 g/mol. The highest BCUT2D eigenvalue weighted by molar-refractivity contribution is 6.34. The van der Waals surface area contributed by atoms with E-state index >= 15 is 0 Å². The number of aryl methyl sites for hydroxylation is 1. The number of terminal acetylenes is 1. The van der Waals surface area contributed by atoms with Gasteiger partial charge in [0.05, 0.1) is 17.8 Å². The van der Waals surface area contributed by atoms with Gasteiger partial charge in [-0.3, -0.25) is 4.79 Å². The predicted octanol–water partition coefficient (Wildman–Crippen LogP) is 3.31. The molecule has 4 nitrogen and oxygen atoms in total. The molecule has 2 heterocycles. The monoisotopic (exact) mass is 309 g/mol. The number of hydrogen-bond acceptors (Lipinski definition) is 2. The standard InChI is InChI=1S/C18H16FN3O/c1-4-7-20-17-10(2)16(21-11(17)3)9-14-13-8-12(19)5-6-15(13)22-18(14)23/h1,5-6,8-9,20-21H,7H2,2-3H3,(H,22,23). The Hall–Kier alpha value is -3.00. The first-order chi connectivity index (χ1) is 11.0. The fourth-order valence-corrected chi connectivity index (χ4v) is 2.77. The van der Waals surface area contributed by atoms with E-state index in [1.807, 2.05) is 13.8 Å². The number of halogens is 1. The number of nitrogens with one attached hydrogen (secondary N) is 3. The topological polar surface area (TPSA) is 56.9 Å². The van der Waals surface area contributed by atoms with Gasteiger partial charge < -0.3 is 15.6 Å². The Bertz CT molecular complexity index is 871. The fraction of sp³-hybridized carbons (Fsp3) is 0.167. The van der Waals surface area contributed by atoms with Crippen LogP contribution in [0, 0.1) is 32.0 Å². The van der Waals surface area contributed by atoms with Crippen molar-refractivity contribution in [2.45, 2.75) is 13.8 Å². The number of carbonyl (C=O) groups is 1. The van der Waals surface area contributed by atoms with Crippen molar-refractivity contribution in [3.63, 3.8) is 0 Å². The number of H-pyrrole nitrogens is 1. The van der Waals surface area contributed by atoms with Crippen molar-refractivity contribution in [1.82, 2.24) is 4.98 Å². The number of aromatic nitrogens is 1. The SMILES string of the molecule is C#CCNc1c(C)[nH]c(C=C2C(=O)Nc3ccc(F)cc32)c1C. The molecule has 0 atom stereocenters. The van der Waals surface area contributed by atoms with Crippen molar-refractivity contribution in [2.75, 3.05) is 17.2 Å². The van der Waals surface area contributed by atoms with Gasteiger partial charge >= 0.3 is 0 Å². The number of benzene rings is 1. The first-order valence-electron chi connectivity index (χ1n) is 7.20. The quantitative estimate of drug-likeness (QED) is 0.602. The van der Waals surface area contributed by atoms with Gasteiger partial charge in [0.25, 0.3) is 5.91 Å². The number of amides is 1. The van der Waals surface area contributed by atoms with Gasteiger partial charge in [0.1, 0.15) is 5.82 Å². The van der Waals surface area contributed by atoms with Gasteiger partial charge in [-0.1, -0.05) is 5.92 Å². The maximum atomic E-state index is 13.5. The smallest absolute Gasteiger partial charge is 0.256 e. The van der Waals surface area contributed by atoms with E-state index in [0.29, 0.717) is 23.4 Å². The second-order valence-corrected chi connectivity index (χ2v) is 5.42. The van der Waals surface area contributed by atoms with Crippen LogP contribution in [0.1, 0.15) is 22.5 Å². The van der Waals surface area contributed by atoms with Crippen LogP contribution in [0.3, 0.4) is 0 Å². The van der Waals surface area contributed by atoms with Crippen LogP contribution in [0.4, 0.5) is 15.8 Å². The lowest BCUT2D eigenvalue weighted by atomic mass is 10.0. The Morgan fingerprint density at radius 1 is 1.39 bits per heavy atom. The van der Waals surface area contributed by atoms with Crippen LogP contribution in [0.25, 0.3) is 11.6 Å². The third-order valence-corrected chi connectivity index (χ3v) is 3.90. The van der Waals surface area contributed by atoms with E-state index in [4.69, 9.17) is 6.42 Å². The number of carbonyl (C=O) groups excluding carboxylic acids is 1. The summed E-state index contributed by atoms with van der Waals surface area (Å²) in [5, 5.41) is 5.90. The van der Waals surface area contributed by atoms with E-state index in [1.54, 1.807) is 12.1 Å². The average molecular weight is 309 g/mol. The van der Waals surface area contributed by atoms with E-state index in [-0.39, 0.29) is 11.7 Å². The van der Waals surface area contributed by atoms with Crippen molar-refractivity contribution in [2.24, 2.45) is 0 Å². The molecule has 23 heavy (non-hydrogen) atoms. The molecule has 0 saturated heterocycles. The van der Waals surface area contributed by atoms with E-state index in [1.165, 1.54) is 12.1 Å². The Kier molecular flexibility index (Phi) is 3.67. The lowest BCUT2D eigenvalue weighted by Gasteiger charge is -2.03. The molecule has 0 radical (unpaired) electrons. The Labute approximate surface area is 133 Å². The largest absolute Gasteiger partial charge is 0.372 e. The second-order valence-electron chi connectivity index (χ2n) is 5.42. The van der Waals surface area contributed by atoms with E-state index in [9.17, 15) is 9.18 Å². The van der Waals surface area contributed by atoms with E-state index in [0.717, 1.165) is 22.6 Å². The molecular formula is C18H16FN3O. The van der Waals surface area contributed by atoms with Gasteiger partial charge in [-0.2, -0.15) is 0 Å². The van der Waals surface area contributed by atoms with E-state index < -0.39 is 0 Å². The number of anilines is 2. The van der Waals surface area contributed by atoms with Crippen LogP contribution in [0.5, 0.6) is 0 Å². The van der Waals surface area contributed by atoms with Gasteiger partial charge in [-0.25, -0.2) is 4.39 Å². The highest BCUT2D eigenvalue weighted by Crippen LogP contribution is 2.35. The van der Waals surface area contributed by atoms with Crippen molar-refractivity contribution >= 4 is 28.9 Å². The molecule has 0 unspecified atom stereocenters. The van der Waals surface area contributed by atoms with Gasteiger partial charge in [0, 0.05) is 22.6 Å². The first-order valence-corrected chi connectivity index (χ1v) is 7.20. The summed E-state index contributed by atoms with van der Waals surface area (Å²) in [5.74, 6) is 1.92. The van der Waals surface area contributed by atoms with Crippen LogP contribution in [-0.2, 0) is 4.79 Å². The lowest BCUT2D eigenvalue weighted by molar-refractivity contribution is -0.110. The molecule has 1 amide bonds. The fourth-order valence-electron chi connectivity index (χ4n) is 2.77. The average Bonchev–Trinajstić information content (AvgIpc) is 2.96. The minimum Gasteiger partial charge on any atom is -0.372 e. The molecule has 0 bridgehead atoms. The molecule has 116 valence electrons. The summed E-state index contributed by atoms with van der Waals surface area (Å²) in [5.41, 5.74) is 5.24. The minimum absolute atomic E-state index is 0.240. The van der Waals surface area contributed by atoms with Crippen LogP contribution in [0.2, 0.25) is 0 Å². The summed E-state index contributed by atoms with van der Waals surface area (Å²) in [6, 6.07) is 4.26. The molecule has 3 rings (SSSR count). The molecule has 1 aliphatic heterocycles. The maximum Gasteiger partial charge on any atom is 0.256 e. The van der Waals surface area contributed by atoms with Crippen LogP contribution in [-0.4, -0.2) is 17.4 Å². The normalized spacial score (nSPS) is 14.5. The molecule has 3 N–H and O–H groups in total. The molecule has 0 saturated carbocycles. The molecule has 1 aromatic carbocycles. The van der Waals surface area contributed by atoms with Crippen LogP contribution >= 0.6 is 0 Å². The molecule has 0 spiro atoms. The van der Waals surface area contributed by atoms with Crippen LogP contribution < -0.4 is 10.6 Å². The Morgan fingerprint density at radius 2 is 2.17 bits per heavy atom. The van der Waals surface area contributed by atoms with Crippen molar-refractivity contribution in [1.29, 1.82) is 0 Å². The second kappa shape index (κ2) is 5.65. The summed E-state index contributed by atoms with van der Waals surface area (Å²) in [4.78, 5) is 15.4. The van der Waals surface area contributed by atoms with Crippen LogP contribution in [0.15, 0.2) is 18.2 Å². The van der Waals surface area contributed by atoms with Gasteiger partial charge in [-0.05, 0) is 43.7 Å². The van der Waals surface area contributed by atoms with Gasteiger partial charge in [0.2, 0.25) is 0 Å². The van der Waals surface area contributed by atoms with Gasteiger partial charge in [0.15, 0.2) is 0 Å². The maximum absolute atomic E-state index is 13.5. The number of aromatic amines is 1. The van der Waals surface area contributed by atoms with Crippen molar-refractivity contribution in [3.8, 4) is 12.3 Å². The highest BCUT2D eigenvalue weighted by atomic mass is 19.1. The molecule has 0 fully saturated rings. The molecule has 0 aliphatic carbocycles. The van der Waals surface area contributed by atoms with Crippen molar-refractivity contribution in [3.05, 3.63) is 46.5 Å². The molecule has 1 aliphatic rings. The number of hydrogen-bond donors (Lipinski definition) is 3.